The number of hydrogen-bond acceptors (Lipinski definition) is 3. The van der Waals surface area contributed by atoms with Crippen LogP contribution in [0.25, 0.3) is 0 Å². The summed E-state index contributed by atoms with van der Waals surface area (Å²) in [7, 11) is 0. The summed E-state index contributed by atoms with van der Waals surface area (Å²) in [6.07, 6.45) is 7.53. The van der Waals surface area contributed by atoms with Gasteiger partial charge in [0.05, 0.1) is 0 Å². The molecule has 3 nitrogen and oxygen atoms in total. The fourth-order valence-corrected chi connectivity index (χ4v) is 2.06. The molecule has 0 saturated heterocycles. The van der Waals surface area contributed by atoms with Gasteiger partial charge in [-0.1, -0.05) is 90.6 Å². The summed E-state index contributed by atoms with van der Waals surface area (Å²) in [5.74, 6) is -2.59. The Kier molecular flexibility index (Phi) is 8.31. The lowest BCUT2D eigenvalue weighted by molar-refractivity contribution is -0.310. The van der Waals surface area contributed by atoms with Crippen molar-refractivity contribution in [3.63, 3.8) is 0 Å². The van der Waals surface area contributed by atoms with Gasteiger partial charge in [-0.05, 0) is 6.42 Å². The van der Waals surface area contributed by atoms with Gasteiger partial charge >= 0.3 is 0 Å². The minimum atomic E-state index is -2.59. The Morgan fingerprint density at radius 3 is 1.80 bits per heavy atom. The molecule has 92 valence electrons. The highest BCUT2D eigenvalue weighted by atomic mass is 127. The van der Waals surface area contributed by atoms with Crippen LogP contribution in [-0.2, 0) is 0 Å². The summed E-state index contributed by atoms with van der Waals surface area (Å²) >= 11 is 3.78. The Hall–Kier alpha value is 1.34. The summed E-state index contributed by atoms with van der Waals surface area (Å²) in [4.78, 5) is 0. The second-order valence-corrected chi connectivity index (χ2v) is 9.60. The molecular formula is C10H20I2O3. The van der Waals surface area contributed by atoms with E-state index < -0.39 is 7.40 Å². The first-order chi connectivity index (χ1) is 6.81. The predicted octanol–water partition coefficient (Wildman–Crippen LogP) is 2.93. The Morgan fingerprint density at radius 2 is 1.33 bits per heavy atom. The molecule has 0 rings (SSSR count). The maximum absolute atomic E-state index is 9.08. The predicted molar refractivity (Wildman–Crippen MR) is 78.2 cm³/mol. The Labute approximate surface area is 119 Å². The van der Waals surface area contributed by atoms with Crippen LogP contribution in [0.2, 0.25) is 0 Å². The van der Waals surface area contributed by atoms with E-state index in [1.54, 1.807) is 0 Å². The van der Waals surface area contributed by atoms with Crippen LogP contribution in [0.3, 0.4) is 0 Å². The van der Waals surface area contributed by atoms with Crippen molar-refractivity contribution < 1.29 is 15.3 Å². The molecule has 0 bridgehead atoms. The van der Waals surface area contributed by atoms with Gasteiger partial charge in [0, 0.05) is 0 Å². The van der Waals surface area contributed by atoms with Gasteiger partial charge in [-0.25, -0.2) is 0 Å². The lowest BCUT2D eigenvalue weighted by Crippen LogP contribution is -2.45. The number of unbranched alkanes of at least 4 members (excludes halogenated alkanes) is 5. The van der Waals surface area contributed by atoms with Gasteiger partial charge in [0.15, 0.2) is 1.43 Å². The zero-order valence-electron chi connectivity index (χ0n) is 9.05. The van der Waals surface area contributed by atoms with E-state index in [2.05, 4.69) is 6.92 Å². The molecule has 0 aromatic rings. The van der Waals surface area contributed by atoms with Gasteiger partial charge in [0.25, 0.3) is 5.97 Å². The third-order valence-electron chi connectivity index (χ3n) is 2.34. The van der Waals surface area contributed by atoms with E-state index >= 15 is 0 Å². The molecule has 0 aromatic heterocycles. The molecule has 0 radical (unpaired) electrons. The molecule has 3 N–H and O–H groups in total. The molecule has 0 amide bonds. The van der Waals surface area contributed by atoms with Crippen molar-refractivity contribution in [2.45, 2.75) is 59.3 Å². The first-order valence-corrected chi connectivity index (χ1v) is 7.52. The molecule has 0 aromatic carbocycles. The maximum atomic E-state index is 9.08. The first kappa shape index (κ1) is 16.3. The summed E-state index contributed by atoms with van der Waals surface area (Å²) in [6.45, 7) is 2.18. The molecule has 0 spiro atoms. The van der Waals surface area contributed by atoms with Crippen LogP contribution >= 0.6 is 45.2 Å². The van der Waals surface area contributed by atoms with Gasteiger partial charge in [0.2, 0.25) is 0 Å². The highest BCUT2D eigenvalue weighted by Crippen LogP contribution is 2.40. The largest absolute Gasteiger partial charge is 0.342 e. The van der Waals surface area contributed by atoms with Crippen molar-refractivity contribution in [1.82, 2.24) is 0 Å². The van der Waals surface area contributed by atoms with Gasteiger partial charge in [-0.2, -0.15) is 0 Å². The molecule has 5 heteroatoms. The van der Waals surface area contributed by atoms with Crippen LogP contribution in [-0.4, -0.2) is 22.7 Å². The van der Waals surface area contributed by atoms with Crippen LogP contribution in [0.1, 0.15) is 51.9 Å². The zero-order chi connectivity index (χ0) is 11.9. The molecule has 0 aliphatic rings. The first-order valence-electron chi connectivity index (χ1n) is 5.36. The van der Waals surface area contributed by atoms with Gasteiger partial charge < -0.3 is 15.3 Å². The van der Waals surface area contributed by atoms with Crippen molar-refractivity contribution in [3.05, 3.63) is 0 Å². The van der Waals surface area contributed by atoms with E-state index in [9.17, 15) is 0 Å². The smallest absolute Gasteiger partial charge is 0.300 e. The number of halogens is 2. The highest BCUT2D eigenvalue weighted by molar-refractivity contribution is 14.2. The average Bonchev–Trinajstić information content (AvgIpc) is 2.09. The van der Waals surface area contributed by atoms with Crippen LogP contribution in [0.4, 0.5) is 0 Å². The monoisotopic (exact) mass is 442 g/mol. The maximum Gasteiger partial charge on any atom is 0.300 e. The highest BCUT2D eigenvalue weighted by Gasteiger charge is 2.43. The third-order valence-corrected chi connectivity index (χ3v) is 4.86. The van der Waals surface area contributed by atoms with E-state index in [0.717, 1.165) is 12.8 Å². The topological polar surface area (TPSA) is 60.7 Å². The lowest BCUT2D eigenvalue weighted by Gasteiger charge is -2.29. The summed E-state index contributed by atoms with van der Waals surface area (Å²) in [5, 5.41) is 27.2. The van der Waals surface area contributed by atoms with E-state index in [1.165, 1.54) is 25.7 Å². The minimum Gasteiger partial charge on any atom is -0.342 e. The third kappa shape index (κ3) is 7.30. The Morgan fingerprint density at radius 1 is 0.867 bits per heavy atom. The molecule has 0 heterocycles. The van der Waals surface area contributed by atoms with E-state index in [0.29, 0.717) is 6.42 Å². The van der Waals surface area contributed by atoms with Gasteiger partial charge in [0.1, 0.15) is 0 Å². The fraction of sp³-hybridized carbons (Fsp3) is 1.00. The van der Waals surface area contributed by atoms with E-state index in [4.69, 9.17) is 15.3 Å². The summed E-state index contributed by atoms with van der Waals surface area (Å²) in [6, 6.07) is 0. The number of aliphatic hydroxyl groups is 3. The quantitative estimate of drug-likeness (QED) is 0.235. The number of rotatable bonds is 8. The normalized spacial score (nSPS) is 13.2. The second kappa shape index (κ2) is 7.62. The molecule has 0 atom stereocenters. The molecule has 0 unspecified atom stereocenters. The fourth-order valence-electron chi connectivity index (χ4n) is 1.30. The molecule has 0 aliphatic carbocycles. The van der Waals surface area contributed by atoms with Crippen LogP contribution in [0.5, 0.6) is 0 Å². The summed E-state index contributed by atoms with van der Waals surface area (Å²) < 4.78 is -0.909. The van der Waals surface area contributed by atoms with Crippen molar-refractivity contribution in [1.29, 1.82) is 0 Å². The van der Waals surface area contributed by atoms with E-state index in [-0.39, 0.29) is 0 Å². The SMILES string of the molecule is CCCCCCCCC(I)(I)C(O)(O)O. The van der Waals surface area contributed by atoms with Crippen molar-refractivity contribution in [2.75, 3.05) is 0 Å². The van der Waals surface area contributed by atoms with Crippen molar-refractivity contribution in [3.8, 4) is 0 Å². The molecule has 0 aliphatic heterocycles. The van der Waals surface area contributed by atoms with Gasteiger partial charge in [-0.3, -0.25) is 0 Å². The minimum absolute atomic E-state index is 0.601. The van der Waals surface area contributed by atoms with Crippen LogP contribution < -0.4 is 0 Å². The Balaban J connectivity index is 3.58. The Bertz CT molecular complexity index is 167. The number of alkyl halides is 2. The van der Waals surface area contributed by atoms with Crippen LogP contribution in [0, 0.1) is 0 Å². The lowest BCUT2D eigenvalue weighted by atomic mass is 10.1. The molecular weight excluding hydrogens is 422 g/mol. The average molecular weight is 442 g/mol. The molecule has 0 fully saturated rings. The standard InChI is InChI=1S/C10H20I2O3/c1-2-3-4-5-6-7-8-9(11,12)10(13,14)15/h13-15H,2-8H2,1H3. The van der Waals surface area contributed by atoms with Gasteiger partial charge in [-0.15, -0.1) is 0 Å². The molecule has 15 heavy (non-hydrogen) atoms. The summed E-state index contributed by atoms with van der Waals surface area (Å²) in [5.41, 5.74) is 0. The zero-order valence-corrected chi connectivity index (χ0v) is 13.4. The van der Waals surface area contributed by atoms with Crippen molar-refractivity contribution >= 4 is 45.2 Å². The van der Waals surface area contributed by atoms with Crippen molar-refractivity contribution in [2.24, 2.45) is 0 Å². The molecule has 0 saturated carbocycles. The van der Waals surface area contributed by atoms with E-state index in [1.807, 2.05) is 45.2 Å². The second-order valence-electron chi connectivity index (χ2n) is 3.86. The van der Waals surface area contributed by atoms with Crippen LogP contribution in [0.15, 0.2) is 0 Å². The number of hydrogen-bond donors (Lipinski definition) is 3.